The van der Waals surface area contributed by atoms with E-state index in [9.17, 15) is 0 Å². The fraction of sp³-hybridized carbons (Fsp3) is 1.00. The Kier molecular flexibility index (Phi) is 774. The standard InChI is InChI=1S/CH4.B.Si.W/h1H4;;;. The van der Waals surface area contributed by atoms with Gasteiger partial charge in [0, 0.05) is 40.4 Å². The van der Waals surface area contributed by atoms with Gasteiger partial charge < -0.3 is 0 Å². The molecule has 0 spiro atoms. The molecule has 0 saturated heterocycles. The van der Waals surface area contributed by atoms with Crippen LogP contribution >= 0.6 is 0 Å². The maximum atomic E-state index is 0. The maximum absolute atomic E-state index is 0. The molecule has 0 atom stereocenters. The molecule has 21 valence electrons. The van der Waals surface area contributed by atoms with Crippen LogP contribution < -0.4 is 0 Å². The van der Waals surface area contributed by atoms with Gasteiger partial charge in [0.05, 0.1) is 0 Å². The van der Waals surface area contributed by atoms with Crippen LogP contribution in [0.5, 0.6) is 0 Å². The van der Waals surface area contributed by atoms with Crippen molar-refractivity contribution in [2.45, 2.75) is 7.43 Å². The molecule has 0 aromatic rings. The van der Waals surface area contributed by atoms with E-state index in [0.717, 1.165) is 0 Å². The largest absolute Gasteiger partial charge is 0.0776 e. The molecule has 0 aromatic carbocycles. The third-order valence-electron chi connectivity index (χ3n) is 0. The minimum absolute atomic E-state index is 0. The molecule has 0 rings (SSSR count). The second kappa shape index (κ2) is 37.2. The third kappa shape index (κ3) is 12.2. The molecule has 0 aliphatic carbocycles. The Morgan fingerprint density at radius 2 is 1.00 bits per heavy atom. The fourth-order valence-electron chi connectivity index (χ4n) is 0. The van der Waals surface area contributed by atoms with Crippen molar-refractivity contribution in [3.05, 3.63) is 0 Å². The first-order valence-electron chi connectivity index (χ1n) is 0. The smallest absolute Gasteiger partial charge is 0 e. The Hall–Kier alpha value is 0.970. The molecule has 7 radical (unpaired) electrons. The van der Waals surface area contributed by atoms with E-state index in [4.69, 9.17) is 0 Å². The summed E-state index contributed by atoms with van der Waals surface area (Å²) in [6, 6.07) is 0. The summed E-state index contributed by atoms with van der Waals surface area (Å²) in [6.45, 7) is 0. The quantitative estimate of drug-likeness (QED) is 0.516. The number of hydrogen-bond donors (Lipinski definition) is 0. The number of rotatable bonds is 0. The van der Waals surface area contributed by atoms with Crippen molar-refractivity contribution in [1.82, 2.24) is 0 Å². The molecule has 0 nitrogen and oxygen atoms in total. The van der Waals surface area contributed by atoms with Gasteiger partial charge in [-0.25, -0.2) is 0 Å². The summed E-state index contributed by atoms with van der Waals surface area (Å²) in [4.78, 5) is 0. The van der Waals surface area contributed by atoms with E-state index in [1.54, 1.807) is 0 Å². The predicted molar refractivity (Wildman–Crippen MR) is 18.2 cm³/mol. The summed E-state index contributed by atoms with van der Waals surface area (Å²) >= 11 is 0. The Bertz CT molecular complexity index is 8.00. The zero-order chi connectivity index (χ0) is 0. The average Bonchev–Trinajstić information content (AvgIpc) is 0. The van der Waals surface area contributed by atoms with Gasteiger partial charge in [0.25, 0.3) is 0 Å². The van der Waals surface area contributed by atoms with Crippen LogP contribution in [0.2, 0.25) is 0 Å². The molecular formula is CH4BSiW. The minimum Gasteiger partial charge on any atom is -0.0776 e. The Morgan fingerprint density at radius 3 is 1.00 bits per heavy atom. The monoisotopic (exact) mass is 239 g/mol. The van der Waals surface area contributed by atoms with Crippen LogP contribution in [0.15, 0.2) is 0 Å². The summed E-state index contributed by atoms with van der Waals surface area (Å²) in [5.74, 6) is 0. The first kappa shape index (κ1) is 83.2. The molecular weight excluding hydrogens is 235 g/mol. The van der Waals surface area contributed by atoms with Gasteiger partial charge in [-0.1, -0.05) is 7.43 Å². The van der Waals surface area contributed by atoms with Gasteiger partial charge in [0.1, 0.15) is 0 Å². The van der Waals surface area contributed by atoms with E-state index in [1.807, 2.05) is 0 Å². The Morgan fingerprint density at radius 1 is 1.00 bits per heavy atom. The van der Waals surface area contributed by atoms with E-state index in [0.29, 0.717) is 0 Å². The Labute approximate surface area is 48.2 Å². The van der Waals surface area contributed by atoms with E-state index in [2.05, 4.69) is 0 Å². The molecule has 0 saturated carbocycles. The average molecular weight is 239 g/mol. The summed E-state index contributed by atoms with van der Waals surface area (Å²) in [5, 5.41) is 0. The Balaban J connectivity index is 0. The van der Waals surface area contributed by atoms with Crippen LogP contribution in [0.25, 0.3) is 0 Å². The van der Waals surface area contributed by atoms with Crippen LogP contribution in [-0.2, 0) is 21.1 Å². The molecule has 0 aliphatic rings. The van der Waals surface area contributed by atoms with Gasteiger partial charge in [-0.15, -0.1) is 0 Å². The molecule has 3 heteroatoms. The molecule has 0 aliphatic heterocycles. The molecule has 0 heterocycles. The normalized spacial score (nSPS) is 0. The van der Waals surface area contributed by atoms with Crippen LogP contribution in [-0.4, -0.2) is 19.4 Å². The van der Waals surface area contributed by atoms with Crippen LogP contribution in [0.3, 0.4) is 0 Å². The van der Waals surface area contributed by atoms with Gasteiger partial charge in [-0.2, -0.15) is 0 Å². The van der Waals surface area contributed by atoms with Crippen molar-refractivity contribution < 1.29 is 21.1 Å². The molecule has 0 amide bonds. The zero-order valence-electron chi connectivity index (χ0n) is 1.49. The molecule has 4 heavy (non-hydrogen) atoms. The van der Waals surface area contributed by atoms with Gasteiger partial charge in [-0.05, 0) is 0 Å². The first-order chi connectivity index (χ1) is 0. The van der Waals surface area contributed by atoms with Crippen molar-refractivity contribution in [3.63, 3.8) is 0 Å². The van der Waals surface area contributed by atoms with Crippen LogP contribution in [0.4, 0.5) is 0 Å². The van der Waals surface area contributed by atoms with Gasteiger partial charge in [-0.3, -0.25) is 0 Å². The van der Waals surface area contributed by atoms with Crippen molar-refractivity contribution in [2.75, 3.05) is 0 Å². The fourth-order valence-corrected chi connectivity index (χ4v) is 0. The SMILES string of the molecule is C.[B].[Si].[W]. The molecule has 0 bridgehead atoms. The first-order valence-corrected chi connectivity index (χ1v) is 0. The molecule has 0 fully saturated rings. The summed E-state index contributed by atoms with van der Waals surface area (Å²) in [6.07, 6.45) is 0. The van der Waals surface area contributed by atoms with Crippen molar-refractivity contribution >= 4 is 19.4 Å². The van der Waals surface area contributed by atoms with E-state index >= 15 is 0 Å². The maximum Gasteiger partial charge on any atom is 0 e. The van der Waals surface area contributed by atoms with Crippen molar-refractivity contribution in [2.24, 2.45) is 0 Å². The molecule has 0 N–H and O–H groups in total. The second-order valence-electron chi connectivity index (χ2n) is 0. The van der Waals surface area contributed by atoms with Gasteiger partial charge in [0.15, 0.2) is 0 Å². The van der Waals surface area contributed by atoms with E-state index in [1.165, 1.54) is 0 Å². The van der Waals surface area contributed by atoms with Crippen LogP contribution in [0.1, 0.15) is 7.43 Å². The van der Waals surface area contributed by atoms with Crippen molar-refractivity contribution in [3.8, 4) is 0 Å². The zero-order valence-corrected chi connectivity index (χ0v) is 5.42. The third-order valence-corrected chi connectivity index (χ3v) is 0. The number of hydrogen-bond acceptors (Lipinski definition) is 0. The van der Waals surface area contributed by atoms with Crippen LogP contribution in [0, 0.1) is 0 Å². The minimum atomic E-state index is 0. The van der Waals surface area contributed by atoms with E-state index in [-0.39, 0.29) is 47.9 Å². The summed E-state index contributed by atoms with van der Waals surface area (Å²) < 4.78 is 0. The summed E-state index contributed by atoms with van der Waals surface area (Å²) in [7, 11) is 0. The van der Waals surface area contributed by atoms with Gasteiger partial charge in [0.2, 0.25) is 0 Å². The van der Waals surface area contributed by atoms with Crippen molar-refractivity contribution in [1.29, 1.82) is 0 Å². The summed E-state index contributed by atoms with van der Waals surface area (Å²) in [5.41, 5.74) is 0. The molecule has 0 aromatic heterocycles. The molecule has 0 unspecified atom stereocenters. The van der Waals surface area contributed by atoms with E-state index < -0.39 is 0 Å². The topological polar surface area (TPSA) is 0 Å². The van der Waals surface area contributed by atoms with Gasteiger partial charge >= 0.3 is 0 Å². The predicted octanol–water partition coefficient (Wildman–Crippen LogP) is -0.128. The second-order valence-corrected chi connectivity index (χ2v) is 0.